The van der Waals surface area contributed by atoms with Crippen LogP contribution in [0.3, 0.4) is 0 Å². The average molecular weight is 354 g/mol. The van der Waals surface area contributed by atoms with Crippen LogP contribution in [-0.4, -0.2) is 25.4 Å². The summed E-state index contributed by atoms with van der Waals surface area (Å²) < 4.78 is 12.7. The molecule has 21 heavy (non-hydrogen) atoms. The minimum absolute atomic E-state index is 0.195. The van der Waals surface area contributed by atoms with Crippen molar-refractivity contribution in [3.8, 4) is 5.75 Å². The molecular formula is C17H24BrNO2. The quantitative estimate of drug-likeness (QED) is 0.884. The third-order valence-corrected chi connectivity index (χ3v) is 5.45. The number of hydrogen-bond donors (Lipinski definition) is 1. The number of halogens is 1. The van der Waals surface area contributed by atoms with Crippen molar-refractivity contribution in [3.63, 3.8) is 0 Å². The van der Waals surface area contributed by atoms with Crippen LogP contribution in [0.15, 0.2) is 22.7 Å². The lowest BCUT2D eigenvalue weighted by Gasteiger charge is -2.53. The summed E-state index contributed by atoms with van der Waals surface area (Å²) in [6, 6.07) is 7.15. The van der Waals surface area contributed by atoms with Crippen molar-refractivity contribution in [2.75, 3.05) is 13.2 Å². The third kappa shape index (κ3) is 2.86. The van der Waals surface area contributed by atoms with Gasteiger partial charge in [0.25, 0.3) is 0 Å². The molecule has 1 aromatic carbocycles. The summed E-state index contributed by atoms with van der Waals surface area (Å²) in [4.78, 5) is 0. The van der Waals surface area contributed by atoms with Crippen LogP contribution in [0, 0.1) is 5.41 Å². The van der Waals surface area contributed by atoms with Gasteiger partial charge in [-0.1, -0.05) is 29.8 Å². The molecule has 2 aliphatic rings. The molecule has 1 N–H and O–H groups in total. The zero-order valence-corrected chi connectivity index (χ0v) is 14.6. The van der Waals surface area contributed by atoms with E-state index in [4.69, 9.17) is 9.47 Å². The minimum Gasteiger partial charge on any atom is -0.493 e. The van der Waals surface area contributed by atoms with Crippen LogP contribution in [0.25, 0.3) is 0 Å². The Labute approximate surface area is 135 Å². The Morgan fingerprint density at radius 3 is 2.95 bits per heavy atom. The summed E-state index contributed by atoms with van der Waals surface area (Å²) >= 11 is 3.56. The predicted molar refractivity (Wildman–Crippen MR) is 87.7 cm³/mol. The molecule has 1 aliphatic carbocycles. The minimum atomic E-state index is 0.195. The first-order valence-corrected chi connectivity index (χ1v) is 8.61. The second-order valence-corrected chi connectivity index (χ2v) is 7.51. The zero-order valence-electron chi connectivity index (χ0n) is 13.0. The van der Waals surface area contributed by atoms with E-state index in [-0.39, 0.29) is 5.41 Å². The molecule has 3 rings (SSSR count). The Morgan fingerprint density at radius 1 is 1.43 bits per heavy atom. The fourth-order valence-corrected chi connectivity index (χ4v) is 3.81. The van der Waals surface area contributed by atoms with Gasteiger partial charge >= 0.3 is 0 Å². The summed E-state index contributed by atoms with van der Waals surface area (Å²) in [5, 5.41) is 3.84. The predicted octanol–water partition coefficient (Wildman–Crippen LogP) is 4.07. The van der Waals surface area contributed by atoms with E-state index < -0.39 is 0 Å². The monoisotopic (exact) mass is 353 g/mol. The summed E-state index contributed by atoms with van der Waals surface area (Å²) in [6.07, 6.45) is 2.50. The summed E-state index contributed by atoms with van der Waals surface area (Å²) in [5.41, 5.74) is 1.46. The molecule has 4 heteroatoms. The molecule has 0 amide bonds. The topological polar surface area (TPSA) is 30.5 Å². The number of rotatable bonds is 4. The molecule has 0 spiro atoms. The lowest BCUT2D eigenvalue weighted by atomic mass is 9.64. The number of hydrogen-bond acceptors (Lipinski definition) is 3. The third-order valence-electron chi connectivity index (χ3n) is 4.96. The van der Waals surface area contributed by atoms with Gasteiger partial charge < -0.3 is 14.8 Å². The Kier molecular flexibility index (Phi) is 4.30. The molecule has 1 aromatic rings. The SMILES string of the molecule is CCOC1CC(NC2CCOc3ccc(Br)cc32)C1(C)C. The molecule has 1 saturated carbocycles. The van der Waals surface area contributed by atoms with Crippen LogP contribution in [0.4, 0.5) is 0 Å². The molecule has 1 aliphatic heterocycles. The maximum Gasteiger partial charge on any atom is 0.124 e. The fourth-order valence-electron chi connectivity index (χ4n) is 3.43. The second kappa shape index (κ2) is 5.90. The molecule has 3 unspecified atom stereocenters. The number of nitrogens with one attached hydrogen (secondary N) is 1. The van der Waals surface area contributed by atoms with Crippen molar-refractivity contribution in [1.29, 1.82) is 0 Å². The standard InChI is InChI=1S/C17H24BrNO2/c1-4-20-16-10-15(17(16,2)3)19-13-7-8-21-14-6-5-11(18)9-12(13)14/h5-6,9,13,15-16,19H,4,7-8,10H2,1-3H3. The highest BCUT2D eigenvalue weighted by molar-refractivity contribution is 9.10. The zero-order chi connectivity index (χ0) is 15.0. The van der Waals surface area contributed by atoms with Gasteiger partial charge in [0, 0.05) is 40.6 Å². The van der Waals surface area contributed by atoms with E-state index in [1.807, 2.05) is 6.07 Å². The first-order valence-electron chi connectivity index (χ1n) is 7.82. The molecule has 3 atom stereocenters. The summed E-state index contributed by atoms with van der Waals surface area (Å²) in [6.45, 7) is 8.26. The van der Waals surface area contributed by atoms with Crippen molar-refractivity contribution < 1.29 is 9.47 Å². The second-order valence-electron chi connectivity index (χ2n) is 6.59. The van der Waals surface area contributed by atoms with E-state index >= 15 is 0 Å². The van der Waals surface area contributed by atoms with E-state index in [0.717, 1.165) is 36.3 Å². The Morgan fingerprint density at radius 2 is 2.24 bits per heavy atom. The number of ether oxygens (including phenoxy) is 2. The lowest BCUT2D eigenvalue weighted by Crippen LogP contribution is -2.61. The van der Waals surface area contributed by atoms with Crippen molar-refractivity contribution in [2.45, 2.75) is 51.8 Å². The maximum atomic E-state index is 5.83. The van der Waals surface area contributed by atoms with Crippen molar-refractivity contribution in [2.24, 2.45) is 5.41 Å². The molecule has 1 fully saturated rings. The van der Waals surface area contributed by atoms with Gasteiger partial charge in [0.2, 0.25) is 0 Å². The number of benzene rings is 1. The summed E-state index contributed by atoms with van der Waals surface area (Å²) in [5.74, 6) is 1.01. The van der Waals surface area contributed by atoms with Gasteiger partial charge in [-0.15, -0.1) is 0 Å². The van der Waals surface area contributed by atoms with E-state index in [1.165, 1.54) is 5.56 Å². The van der Waals surface area contributed by atoms with Gasteiger partial charge in [-0.3, -0.25) is 0 Å². The molecule has 0 radical (unpaired) electrons. The van der Waals surface area contributed by atoms with Gasteiger partial charge in [-0.2, -0.15) is 0 Å². The molecule has 0 saturated heterocycles. The molecule has 3 nitrogen and oxygen atoms in total. The van der Waals surface area contributed by atoms with Gasteiger partial charge in [-0.05, 0) is 31.5 Å². The van der Waals surface area contributed by atoms with Crippen molar-refractivity contribution in [1.82, 2.24) is 5.32 Å². The van der Waals surface area contributed by atoms with Crippen LogP contribution >= 0.6 is 15.9 Å². The highest BCUT2D eigenvalue weighted by Crippen LogP contribution is 2.45. The summed E-state index contributed by atoms with van der Waals surface area (Å²) in [7, 11) is 0. The van der Waals surface area contributed by atoms with E-state index in [1.54, 1.807) is 0 Å². The highest BCUT2D eigenvalue weighted by atomic mass is 79.9. The van der Waals surface area contributed by atoms with Gasteiger partial charge in [-0.25, -0.2) is 0 Å². The first-order chi connectivity index (χ1) is 10.0. The lowest BCUT2D eigenvalue weighted by molar-refractivity contribution is -0.117. The van der Waals surface area contributed by atoms with Crippen LogP contribution in [-0.2, 0) is 4.74 Å². The molecule has 1 heterocycles. The van der Waals surface area contributed by atoms with Crippen molar-refractivity contribution >= 4 is 15.9 Å². The van der Waals surface area contributed by atoms with E-state index in [0.29, 0.717) is 18.2 Å². The van der Waals surface area contributed by atoms with E-state index in [2.05, 4.69) is 54.2 Å². The Hall–Kier alpha value is -0.580. The maximum absolute atomic E-state index is 5.83. The largest absolute Gasteiger partial charge is 0.493 e. The molecule has 116 valence electrons. The smallest absolute Gasteiger partial charge is 0.124 e. The van der Waals surface area contributed by atoms with Gasteiger partial charge in [0.1, 0.15) is 5.75 Å². The molecular weight excluding hydrogens is 330 g/mol. The Balaban J connectivity index is 1.72. The first kappa shape index (κ1) is 15.3. The molecule has 0 aromatic heterocycles. The van der Waals surface area contributed by atoms with Gasteiger partial charge in [0.05, 0.1) is 12.7 Å². The van der Waals surface area contributed by atoms with Crippen LogP contribution in [0.2, 0.25) is 0 Å². The van der Waals surface area contributed by atoms with E-state index in [9.17, 15) is 0 Å². The van der Waals surface area contributed by atoms with Crippen molar-refractivity contribution in [3.05, 3.63) is 28.2 Å². The Bertz CT molecular complexity index is 518. The average Bonchev–Trinajstić information content (AvgIpc) is 2.46. The number of fused-ring (bicyclic) bond motifs is 1. The van der Waals surface area contributed by atoms with Crippen LogP contribution < -0.4 is 10.1 Å². The normalized spacial score (nSPS) is 30.2. The van der Waals surface area contributed by atoms with Crippen LogP contribution in [0.1, 0.15) is 45.2 Å². The highest BCUT2D eigenvalue weighted by Gasteiger charge is 2.49. The molecule has 0 bridgehead atoms. The van der Waals surface area contributed by atoms with Crippen LogP contribution in [0.5, 0.6) is 5.75 Å². The fraction of sp³-hybridized carbons (Fsp3) is 0.647. The van der Waals surface area contributed by atoms with Gasteiger partial charge in [0.15, 0.2) is 0 Å².